The number of hydrogen-bond acceptors (Lipinski definition) is 1. The van der Waals surface area contributed by atoms with Gasteiger partial charge in [0.05, 0.1) is 0 Å². The van der Waals surface area contributed by atoms with Crippen LogP contribution in [0.2, 0.25) is 0 Å². The Morgan fingerprint density at radius 2 is 2.18 bits per heavy atom. The number of rotatable bonds is 2. The van der Waals surface area contributed by atoms with E-state index in [1.165, 1.54) is 22.2 Å². The molecule has 2 aromatic rings. The molecule has 3 N–H and O–H groups in total. The predicted molar refractivity (Wildman–Crippen MR) is 72.3 cm³/mol. The average molecular weight is 230 g/mol. The summed E-state index contributed by atoms with van der Waals surface area (Å²) in [7, 11) is 3.62. The fraction of sp³-hybridized carbons (Fsp3) is 0.308. The minimum absolute atomic E-state index is 0.772. The number of nitrogens with zero attached hydrogens (tertiary/aromatic N) is 1. The molecule has 1 heterocycles. The van der Waals surface area contributed by atoms with E-state index in [0.29, 0.717) is 0 Å². The number of benzene rings is 1. The molecule has 0 aliphatic carbocycles. The van der Waals surface area contributed by atoms with Gasteiger partial charge in [0.2, 0.25) is 0 Å². The molecule has 0 bridgehead atoms. The normalized spacial score (nSPS) is 11.8. The van der Waals surface area contributed by atoms with Gasteiger partial charge in [0.1, 0.15) is 0 Å². The molecule has 0 spiro atoms. The van der Waals surface area contributed by atoms with Crippen LogP contribution in [0.5, 0.6) is 0 Å². The second-order valence-corrected chi connectivity index (χ2v) is 4.05. The summed E-state index contributed by atoms with van der Waals surface area (Å²) >= 11 is 0. The number of guanidine groups is 1. The molecule has 2 rings (SSSR count). The number of fused-ring (bicyclic) bond motifs is 1. The van der Waals surface area contributed by atoms with Gasteiger partial charge in [-0.15, -0.1) is 0 Å². The van der Waals surface area contributed by atoms with Crippen molar-refractivity contribution in [3.63, 3.8) is 0 Å². The van der Waals surface area contributed by atoms with Crippen molar-refractivity contribution in [2.75, 3.05) is 14.1 Å². The molecule has 0 aliphatic rings. The van der Waals surface area contributed by atoms with Gasteiger partial charge in [-0.1, -0.05) is 6.07 Å². The molecule has 0 amide bonds. The minimum Gasteiger partial charge on any atom is -0.359 e. The highest BCUT2D eigenvalue weighted by atomic mass is 15.1. The molecule has 0 aliphatic heterocycles. The van der Waals surface area contributed by atoms with E-state index in [0.717, 1.165) is 12.5 Å². The predicted octanol–water partition coefficient (Wildman–Crippen LogP) is 1.77. The first-order valence-electron chi connectivity index (χ1n) is 5.69. The van der Waals surface area contributed by atoms with E-state index in [1.807, 2.05) is 7.05 Å². The molecule has 4 heteroatoms. The van der Waals surface area contributed by atoms with Crippen LogP contribution < -0.4 is 10.6 Å². The van der Waals surface area contributed by atoms with Gasteiger partial charge in [-0.25, -0.2) is 0 Å². The Labute approximate surface area is 101 Å². The lowest BCUT2D eigenvalue weighted by Gasteiger charge is -2.08. The highest BCUT2D eigenvalue weighted by molar-refractivity contribution is 5.82. The summed E-state index contributed by atoms with van der Waals surface area (Å²) in [5, 5.41) is 7.48. The summed E-state index contributed by atoms with van der Waals surface area (Å²) in [6.45, 7) is 2.84. The molecule has 90 valence electrons. The SMILES string of the molecule is CN=C(NC)NCc1ccc2[nH]c(C)cc2c1. The van der Waals surface area contributed by atoms with Gasteiger partial charge < -0.3 is 15.6 Å². The quantitative estimate of drug-likeness (QED) is 0.544. The van der Waals surface area contributed by atoms with E-state index < -0.39 is 0 Å². The van der Waals surface area contributed by atoms with Crippen molar-refractivity contribution >= 4 is 16.9 Å². The molecule has 4 nitrogen and oxygen atoms in total. The van der Waals surface area contributed by atoms with E-state index in [2.05, 4.69) is 51.8 Å². The van der Waals surface area contributed by atoms with Crippen molar-refractivity contribution in [2.45, 2.75) is 13.5 Å². The topological polar surface area (TPSA) is 52.2 Å². The van der Waals surface area contributed by atoms with Gasteiger partial charge in [0.15, 0.2) is 5.96 Å². The van der Waals surface area contributed by atoms with Crippen LogP contribution >= 0.6 is 0 Å². The monoisotopic (exact) mass is 230 g/mol. The summed E-state index contributed by atoms with van der Waals surface area (Å²) in [6.07, 6.45) is 0. The molecule has 1 aromatic heterocycles. The Morgan fingerprint density at radius 1 is 1.35 bits per heavy atom. The zero-order valence-electron chi connectivity index (χ0n) is 10.5. The Kier molecular flexibility index (Phi) is 3.32. The molecule has 0 saturated heterocycles. The Bertz CT molecular complexity index is 539. The zero-order chi connectivity index (χ0) is 12.3. The fourth-order valence-corrected chi connectivity index (χ4v) is 1.90. The second-order valence-electron chi connectivity index (χ2n) is 4.05. The Balaban J connectivity index is 2.14. The van der Waals surface area contributed by atoms with E-state index in [-0.39, 0.29) is 0 Å². The number of hydrogen-bond donors (Lipinski definition) is 3. The fourth-order valence-electron chi connectivity index (χ4n) is 1.90. The van der Waals surface area contributed by atoms with E-state index in [1.54, 1.807) is 7.05 Å². The van der Waals surface area contributed by atoms with E-state index in [9.17, 15) is 0 Å². The molecule has 1 aromatic carbocycles. The van der Waals surface area contributed by atoms with Gasteiger partial charge in [-0.2, -0.15) is 0 Å². The zero-order valence-corrected chi connectivity index (χ0v) is 10.5. The largest absolute Gasteiger partial charge is 0.359 e. The molecule has 17 heavy (non-hydrogen) atoms. The molecular weight excluding hydrogens is 212 g/mol. The second kappa shape index (κ2) is 4.91. The third kappa shape index (κ3) is 2.58. The first kappa shape index (κ1) is 11.5. The maximum Gasteiger partial charge on any atom is 0.190 e. The summed E-state index contributed by atoms with van der Waals surface area (Å²) in [5.74, 6) is 0.801. The van der Waals surface area contributed by atoms with Crippen LogP contribution in [0.4, 0.5) is 0 Å². The van der Waals surface area contributed by atoms with Crippen LogP contribution in [-0.2, 0) is 6.54 Å². The van der Waals surface area contributed by atoms with Crippen LogP contribution in [0.25, 0.3) is 10.9 Å². The van der Waals surface area contributed by atoms with Crippen LogP contribution in [0.15, 0.2) is 29.3 Å². The number of aryl methyl sites for hydroxylation is 1. The number of nitrogens with one attached hydrogen (secondary N) is 3. The maximum atomic E-state index is 4.08. The number of aromatic amines is 1. The summed E-state index contributed by atoms with van der Waals surface area (Å²) < 4.78 is 0. The summed E-state index contributed by atoms with van der Waals surface area (Å²) in [4.78, 5) is 7.39. The first-order valence-corrected chi connectivity index (χ1v) is 5.69. The summed E-state index contributed by atoms with van der Waals surface area (Å²) in [6, 6.07) is 8.58. The lowest BCUT2D eigenvalue weighted by molar-refractivity contribution is 0.867. The van der Waals surface area contributed by atoms with Crippen LogP contribution in [0.3, 0.4) is 0 Å². The van der Waals surface area contributed by atoms with Gasteiger partial charge >= 0.3 is 0 Å². The van der Waals surface area contributed by atoms with Gasteiger partial charge in [0.25, 0.3) is 0 Å². The van der Waals surface area contributed by atoms with Gasteiger partial charge in [-0.05, 0) is 36.1 Å². The number of aromatic nitrogens is 1. The van der Waals surface area contributed by atoms with E-state index in [4.69, 9.17) is 0 Å². The maximum absolute atomic E-state index is 4.08. The Hall–Kier alpha value is -1.97. The molecule has 0 atom stereocenters. The third-order valence-electron chi connectivity index (χ3n) is 2.74. The Morgan fingerprint density at radius 3 is 2.88 bits per heavy atom. The third-order valence-corrected chi connectivity index (χ3v) is 2.74. The highest BCUT2D eigenvalue weighted by Crippen LogP contribution is 2.16. The average Bonchev–Trinajstić information content (AvgIpc) is 2.69. The standard InChI is InChI=1S/C13H18N4/c1-9-6-11-7-10(4-5-12(11)17-9)8-16-13(14-2)15-3/h4-7,17H,8H2,1-3H3,(H2,14,15,16). The lowest BCUT2D eigenvalue weighted by atomic mass is 10.1. The molecular formula is C13H18N4. The van der Waals surface area contributed by atoms with Crippen molar-refractivity contribution in [3.8, 4) is 0 Å². The number of aliphatic imine (C=N–C) groups is 1. The van der Waals surface area contributed by atoms with Crippen LogP contribution in [-0.4, -0.2) is 25.0 Å². The van der Waals surface area contributed by atoms with Gasteiger partial charge in [-0.3, -0.25) is 4.99 Å². The number of H-pyrrole nitrogens is 1. The molecule has 0 saturated carbocycles. The smallest absolute Gasteiger partial charge is 0.190 e. The lowest BCUT2D eigenvalue weighted by Crippen LogP contribution is -2.34. The highest BCUT2D eigenvalue weighted by Gasteiger charge is 2.00. The van der Waals surface area contributed by atoms with Crippen molar-refractivity contribution < 1.29 is 0 Å². The van der Waals surface area contributed by atoms with Crippen molar-refractivity contribution in [3.05, 3.63) is 35.5 Å². The molecule has 0 radical (unpaired) electrons. The minimum atomic E-state index is 0.772. The van der Waals surface area contributed by atoms with E-state index >= 15 is 0 Å². The molecule has 0 unspecified atom stereocenters. The first-order chi connectivity index (χ1) is 8.22. The summed E-state index contributed by atoms with van der Waals surface area (Å²) in [5.41, 5.74) is 3.62. The van der Waals surface area contributed by atoms with Crippen molar-refractivity contribution in [2.24, 2.45) is 4.99 Å². The van der Waals surface area contributed by atoms with Gasteiger partial charge in [0, 0.05) is 31.9 Å². The van der Waals surface area contributed by atoms with Crippen LogP contribution in [0, 0.1) is 6.92 Å². The van der Waals surface area contributed by atoms with Crippen molar-refractivity contribution in [1.29, 1.82) is 0 Å². The van der Waals surface area contributed by atoms with Crippen molar-refractivity contribution in [1.82, 2.24) is 15.6 Å². The van der Waals surface area contributed by atoms with Crippen LogP contribution in [0.1, 0.15) is 11.3 Å². The molecule has 0 fully saturated rings.